The molecule has 0 aliphatic carbocycles. The summed E-state index contributed by atoms with van der Waals surface area (Å²) in [5, 5.41) is 3.80. The monoisotopic (exact) mass is 392 g/mol. The number of amides is 1. The molecule has 1 N–H and O–H groups in total. The Morgan fingerprint density at radius 2 is 1.85 bits per heavy atom. The number of aryl methyl sites for hydroxylation is 1. The van der Waals surface area contributed by atoms with Crippen molar-refractivity contribution in [1.29, 1.82) is 0 Å². The fourth-order valence-corrected chi connectivity index (χ4v) is 3.54. The van der Waals surface area contributed by atoms with E-state index in [0.717, 1.165) is 49.6 Å². The van der Waals surface area contributed by atoms with Crippen LogP contribution >= 0.6 is 11.6 Å². The SMILES string of the molecule is O=C(CCc1ccc(F)c(F)c1)N[C@H]1CCCN(Cc2ccc(Cl)cc2)C1. The Morgan fingerprint density at radius 3 is 2.59 bits per heavy atom. The summed E-state index contributed by atoms with van der Waals surface area (Å²) >= 11 is 5.92. The van der Waals surface area contributed by atoms with Gasteiger partial charge in [0.25, 0.3) is 0 Å². The third-order valence-electron chi connectivity index (χ3n) is 4.81. The number of likely N-dealkylation sites (tertiary alicyclic amines) is 1. The maximum absolute atomic E-state index is 13.2. The van der Waals surface area contributed by atoms with Crippen LogP contribution in [0.2, 0.25) is 5.02 Å². The lowest BCUT2D eigenvalue weighted by molar-refractivity contribution is -0.122. The van der Waals surface area contributed by atoms with E-state index in [-0.39, 0.29) is 18.4 Å². The van der Waals surface area contributed by atoms with E-state index in [4.69, 9.17) is 11.6 Å². The van der Waals surface area contributed by atoms with Crippen molar-refractivity contribution in [3.63, 3.8) is 0 Å². The van der Waals surface area contributed by atoms with Crippen LogP contribution in [0.25, 0.3) is 0 Å². The molecule has 2 aromatic rings. The van der Waals surface area contributed by atoms with Crippen molar-refractivity contribution in [3.05, 3.63) is 70.2 Å². The number of hydrogen-bond donors (Lipinski definition) is 1. The lowest BCUT2D eigenvalue weighted by Gasteiger charge is -2.33. The van der Waals surface area contributed by atoms with Crippen LogP contribution in [-0.2, 0) is 17.8 Å². The van der Waals surface area contributed by atoms with E-state index in [1.807, 2.05) is 24.3 Å². The summed E-state index contributed by atoms with van der Waals surface area (Å²) in [6.45, 7) is 2.64. The van der Waals surface area contributed by atoms with Crippen LogP contribution in [0.4, 0.5) is 8.78 Å². The zero-order valence-corrected chi connectivity index (χ0v) is 15.8. The highest BCUT2D eigenvalue weighted by molar-refractivity contribution is 6.30. The van der Waals surface area contributed by atoms with E-state index in [0.29, 0.717) is 12.0 Å². The summed E-state index contributed by atoms with van der Waals surface area (Å²) in [6.07, 6.45) is 2.64. The predicted molar refractivity (Wildman–Crippen MR) is 103 cm³/mol. The second kappa shape index (κ2) is 9.29. The molecule has 1 aliphatic heterocycles. The van der Waals surface area contributed by atoms with Crippen LogP contribution in [0.1, 0.15) is 30.4 Å². The molecule has 0 bridgehead atoms. The van der Waals surface area contributed by atoms with Gasteiger partial charge < -0.3 is 5.32 Å². The number of nitrogens with one attached hydrogen (secondary N) is 1. The highest BCUT2D eigenvalue weighted by Gasteiger charge is 2.21. The van der Waals surface area contributed by atoms with Gasteiger partial charge in [-0.1, -0.05) is 29.8 Å². The maximum atomic E-state index is 13.2. The minimum Gasteiger partial charge on any atom is -0.352 e. The number of piperidine rings is 1. The molecule has 1 fully saturated rings. The minimum atomic E-state index is -0.877. The van der Waals surface area contributed by atoms with E-state index < -0.39 is 11.6 Å². The number of carbonyl (C=O) groups excluding carboxylic acids is 1. The van der Waals surface area contributed by atoms with Gasteiger partial charge in [-0.3, -0.25) is 9.69 Å². The number of nitrogens with zero attached hydrogens (tertiary/aromatic N) is 1. The summed E-state index contributed by atoms with van der Waals surface area (Å²) in [6, 6.07) is 11.7. The quantitative estimate of drug-likeness (QED) is 0.793. The van der Waals surface area contributed by atoms with Crippen molar-refractivity contribution in [2.75, 3.05) is 13.1 Å². The molecule has 0 radical (unpaired) electrons. The first-order valence-corrected chi connectivity index (χ1v) is 9.57. The van der Waals surface area contributed by atoms with Crippen LogP contribution in [0.3, 0.4) is 0 Å². The normalized spacial score (nSPS) is 17.7. The summed E-state index contributed by atoms with van der Waals surface area (Å²) in [5.41, 5.74) is 1.82. The van der Waals surface area contributed by atoms with Crippen LogP contribution in [-0.4, -0.2) is 29.9 Å². The molecule has 0 aromatic heterocycles. The van der Waals surface area contributed by atoms with Gasteiger partial charge in [0.2, 0.25) is 5.91 Å². The van der Waals surface area contributed by atoms with Crippen molar-refractivity contribution >= 4 is 17.5 Å². The summed E-state index contributed by atoms with van der Waals surface area (Å²) in [7, 11) is 0. The average molecular weight is 393 g/mol. The Kier molecular flexibility index (Phi) is 6.80. The molecule has 1 atom stereocenters. The van der Waals surface area contributed by atoms with Crippen molar-refractivity contribution < 1.29 is 13.6 Å². The average Bonchev–Trinajstić information content (AvgIpc) is 2.65. The lowest BCUT2D eigenvalue weighted by Crippen LogP contribution is -2.47. The number of carbonyl (C=O) groups is 1. The van der Waals surface area contributed by atoms with Gasteiger partial charge in [-0.2, -0.15) is 0 Å². The molecule has 0 unspecified atom stereocenters. The zero-order valence-electron chi connectivity index (χ0n) is 15.1. The number of benzene rings is 2. The standard InChI is InChI=1S/C21H23ClF2N2O/c22-17-7-3-16(4-8-17)13-26-11-1-2-18(14-26)25-21(27)10-6-15-5-9-19(23)20(24)12-15/h3-5,7-9,12,18H,1-2,6,10-11,13-14H2,(H,25,27)/t18-/m0/s1. The van der Waals surface area contributed by atoms with Crippen molar-refractivity contribution in [3.8, 4) is 0 Å². The van der Waals surface area contributed by atoms with E-state index in [9.17, 15) is 13.6 Å². The van der Waals surface area contributed by atoms with Crippen LogP contribution in [0.5, 0.6) is 0 Å². The number of rotatable bonds is 6. The van der Waals surface area contributed by atoms with Gasteiger partial charge in [0.15, 0.2) is 11.6 Å². The first kappa shape index (κ1) is 19.8. The Labute approximate surface area is 163 Å². The summed E-state index contributed by atoms with van der Waals surface area (Å²) in [4.78, 5) is 14.6. The molecule has 0 spiro atoms. The van der Waals surface area contributed by atoms with Gasteiger partial charge in [-0.25, -0.2) is 8.78 Å². The molecule has 1 aliphatic rings. The van der Waals surface area contributed by atoms with Crippen molar-refractivity contribution in [1.82, 2.24) is 10.2 Å². The summed E-state index contributed by atoms with van der Waals surface area (Å²) < 4.78 is 26.2. The van der Waals surface area contributed by atoms with E-state index in [1.165, 1.54) is 11.6 Å². The maximum Gasteiger partial charge on any atom is 0.220 e. The Bertz CT molecular complexity index is 782. The molecule has 1 amide bonds. The van der Waals surface area contributed by atoms with E-state index in [1.54, 1.807) is 0 Å². The summed E-state index contributed by atoms with van der Waals surface area (Å²) in [5.74, 6) is -1.80. The molecule has 0 saturated carbocycles. The minimum absolute atomic E-state index is 0.0573. The molecule has 2 aromatic carbocycles. The second-order valence-electron chi connectivity index (χ2n) is 7.02. The van der Waals surface area contributed by atoms with Gasteiger partial charge in [0.05, 0.1) is 0 Å². The topological polar surface area (TPSA) is 32.3 Å². The van der Waals surface area contributed by atoms with Gasteiger partial charge >= 0.3 is 0 Å². The Balaban J connectivity index is 1.45. The van der Waals surface area contributed by atoms with E-state index >= 15 is 0 Å². The molecule has 1 heterocycles. The fraction of sp³-hybridized carbons (Fsp3) is 0.381. The highest BCUT2D eigenvalue weighted by atomic mass is 35.5. The van der Waals surface area contributed by atoms with Crippen molar-refractivity contribution in [2.45, 2.75) is 38.3 Å². The number of hydrogen-bond acceptors (Lipinski definition) is 2. The molecular formula is C21H23ClF2N2O. The molecule has 3 nitrogen and oxygen atoms in total. The smallest absolute Gasteiger partial charge is 0.220 e. The van der Waals surface area contributed by atoms with Crippen molar-refractivity contribution in [2.24, 2.45) is 0 Å². The number of halogens is 3. The van der Waals surface area contributed by atoms with Gasteiger partial charge in [-0.15, -0.1) is 0 Å². The predicted octanol–water partition coefficient (Wildman–Crippen LogP) is 4.33. The third-order valence-corrected chi connectivity index (χ3v) is 5.07. The lowest BCUT2D eigenvalue weighted by atomic mass is 10.0. The first-order valence-electron chi connectivity index (χ1n) is 9.19. The Morgan fingerprint density at radius 1 is 1.11 bits per heavy atom. The molecule has 1 saturated heterocycles. The highest BCUT2D eigenvalue weighted by Crippen LogP contribution is 2.16. The second-order valence-corrected chi connectivity index (χ2v) is 7.45. The largest absolute Gasteiger partial charge is 0.352 e. The molecule has 144 valence electrons. The molecular weight excluding hydrogens is 370 g/mol. The van der Waals surface area contributed by atoms with Gasteiger partial charge in [-0.05, 0) is 61.2 Å². The van der Waals surface area contributed by atoms with E-state index in [2.05, 4.69) is 10.2 Å². The molecule has 6 heteroatoms. The molecule has 3 rings (SSSR count). The van der Waals surface area contributed by atoms with Gasteiger partial charge in [0, 0.05) is 30.6 Å². The van der Waals surface area contributed by atoms with Gasteiger partial charge in [0.1, 0.15) is 0 Å². The first-order chi connectivity index (χ1) is 13.0. The molecule has 27 heavy (non-hydrogen) atoms. The zero-order chi connectivity index (χ0) is 19.2. The Hall–Kier alpha value is -1.98. The van der Waals surface area contributed by atoms with Crippen LogP contribution in [0, 0.1) is 11.6 Å². The van der Waals surface area contributed by atoms with Crippen LogP contribution < -0.4 is 5.32 Å². The third kappa shape index (κ3) is 6.01. The van der Waals surface area contributed by atoms with Crippen LogP contribution in [0.15, 0.2) is 42.5 Å². The fourth-order valence-electron chi connectivity index (χ4n) is 3.42.